The van der Waals surface area contributed by atoms with Gasteiger partial charge in [-0.2, -0.15) is 0 Å². The number of carbonyl (C=O) groups is 2. The number of nitrogens with one attached hydrogen (secondary N) is 1. The molecular formula is C18H17NO7. The molecule has 0 fully saturated rings. The van der Waals surface area contributed by atoms with E-state index in [1.807, 2.05) is 6.07 Å². The van der Waals surface area contributed by atoms with Gasteiger partial charge in [0, 0.05) is 0 Å². The van der Waals surface area contributed by atoms with E-state index < -0.39 is 24.2 Å². The van der Waals surface area contributed by atoms with Crippen LogP contribution in [0.2, 0.25) is 0 Å². The molecule has 1 heterocycles. The average molecular weight is 359 g/mol. The topological polar surface area (TPSA) is 114 Å². The van der Waals surface area contributed by atoms with Gasteiger partial charge < -0.3 is 29.7 Å². The van der Waals surface area contributed by atoms with Gasteiger partial charge in [-0.05, 0) is 23.3 Å². The van der Waals surface area contributed by atoms with Crippen LogP contribution >= 0.6 is 0 Å². The summed E-state index contributed by atoms with van der Waals surface area (Å²) < 4.78 is 15.4. The standard InChI is InChI=1S/C18H17NO7/c20-16(12-6-7-13-14(8-12)26-10-25-13)15(17(21)22)19-18(23)24-9-11-4-2-1-3-5-11/h1-8,15-16,20H,9-10H2,(H,19,23)(H,21,22). The van der Waals surface area contributed by atoms with Crippen molar-refractivity contribution in [3.05, 3.63) is 59.7 Å². The molecule has 2 atom stereocenters. The number of aliphatic hydroxyl groups is 1. The van der Waals surface area contributed by atoms with Crippen molar-refractivity contribution in [3.8, 4) is 11.5 Å². The Balaban J connectivity index is 1.64. The Labute approximate surface area is 148 Å². The number of carboxylic acids is 1. The quantitative estimate of drug-likeness (QED) is 0.721. The number of amides is 1. The van der Waals surface area contributed by atoms with Gasteiger partial charge in [0.25, 0.3) is 0 Å². The predicted molar refractivity (Wildman–Crippen MR) is 88.7 cm³/mol. The first-order chi connectivity index (χ1) is 12.5. The van der Waals surface area contributed by atoms with Crippen molar-refractivity contribution in [3.63, 3.8) is 0 Å². The molecule has 0 saturated carbocycles. The number of carboxylic acid groups (broad SMARTS) is 1. The Morgan fingerprint density at radius 3 is 2.58 bits per heavy atom. The van der Waals surface area contributed by atoms with Crippen LogP contribution in [-0.4, -0.2) is 35.1 Å². The number of fused-ring (bicyclic) bond motifs is 1. The fourth-order valence-electron chi connectivity index (χ4n) is 2.46. The van der Waals surface area contributed by atoms with E-state index in [1.54, 1.807) is 30.3 Å². The largest absolute Gasteiger partial charge is 0.480 e. The maximum atomic E-state index is 11.9. The number of ether oxygens (including phenoxy) is 3. The lowest BCUT2D eigenvalue weighted by Gasteiger charge is -2.20. The van der Waals surface area contributed by atoms with Crippen LogP contribution in [-0.2, 0) is 16.1 Å². The normalized spacial score (nSPS) is 14.3. The van der Waals surface area contributed by atoms with E-state index >= 15 is 0 Å². The van der Waals surface area contributed by atoms with Crippen LogP contribution in [0.25, 0.3) is 0 Å². The molecule has 8 nitrogen and oxygen atoms in total. The summed E-state index contributed by atoms with van der Waals surface area (Å²) in [4.78, 5) is 23.4. The molecule has 1 aliphatic heterocycles. The van der Waals surface area contributed by atoms with Crippen LogP contribution in [0.5, 0.6) is 11.5 Å². The molecule has 0 aliphatic carbocycles. The van der Waals surface area contributed by atoms with Gasteiger partial charge in [-0.3, -0.25) is 0 Å². The highest BCUT2D eigenvalue weighted by atomic mass is 16.7. The van der Waals surface area contributed by atoms with Crippen molar-refractivity contribution >= 4 is 12.1 Å². The summed E-state index contributed by atoms with van der Waals surface area (Å²) >= 11 is 0. The van der Waals surface area contributed by atoms with E-state index in [-0.39, 0.29) is 19.0 Å². The molecular weight excluding hydrogens is 342 g/mol. The van der Waals surface area contributed by atoms with E-state index in [0.717, 1.165) is 5.56 Å². The Kier molecular flexibility index (Phi) is 5.23. The zero-order chi connectivity index (χ0) is 18.5. The molecule has 0 radical (unpaired) electrons. The van der Waals surface area contributed by atoms with E-state index in [4.69, 9.17) is 14.2 Å². The van der Waals surface area contributed by atoms with Gasteiger partial charge in [0.05, 0.1) is 0 Å². The lowest BCUT2D eigenvalue weighted by atomic mass is 10.0. The smallest absolute Gasteiger partial charge is 0.408 e. The maximum Gasteiger partial charge on any atom is 0.408 e. The van der Waals surface area contributed by atoms with E-state index in [0.29, 0.717) is 11.5 Å². The van der Waals surface area contributed by atoms with Crippen LogP contribution in [0.1, 0.15) is 17.2 Å². The highest BCUT2D eigenvalue weighted by Gasteiger charge is 2.31. The number of rotatable bonds is 6. The first kappa shape index (κ1) is 17.6. The van der Waals surface area contributed by atoms with E-state index in [1.165, 1.54) is 12.1 Å². The Morgan fingerprint density at radius 1 is 1.12 bits per heavy atom. The second kappa shape index (κ2) is 7.75. The third-order valence-corrected chi connectivity index (χ3v) is 3.81. The first-order valence-electron chi connectivity index (χ1n) is 7.82. The predicted octanol–water partition coefficient (Wildman–Crippen LogP) is 1.83. The molecule has 8 heteroatoms. The molecule has 2 unspecified atom stereocenters. The molecule has 2 aromatic carbocycles. The van der Waals surface area contributed by atoms with Gasteiger partial charge >= 0.3 is 12.1 Å². The highest BCUT2D eigenvalue weighted by molar-refractivity contribution is 5.80. The number of benzene rings is 2. The summed E-state index contributed by atoms with van der Waals surface area (Å²) in [5.41, 5.74) is 1.02. The van der Waals surface area contributed by atoms with Crippen LogP contribution in [0.4, 0.5) is 4.79 Å². The summed E-state index contributed by atoms with van der Waals surface area (Å²) in [6.07, 6.45) is -2.44. The molecule has 2 aromatic rings. The molecule has 3 rings (SSSR count). The SMILES string of the molecule is O=C(NC(C(=O)O)C(O)c1ccc2c(c1)OCO2)OCc1ccccc1. The van der Waals surface area contributed by atoms with Gasteiger partial charge in [-0.15, -0.1) is 0 Å². The Bertz CT molecular complexity index is 793. The number of hydrogen-bond acceptors (Lipinski definition) is 6. The lowest BCUT2D eigenvalue weighted by Crippen LogP contribution is -2.45. The minimum Gasteiger partial charge on any atom is -0.480 e. The molecule has 0 saturated heterocycles. The first-order valence-corrected chi connectivity index (χ1v) is 7.82. The Hall–Kier alpha value is -3.26. The monoisotopic (exact) mass is 359 g/mol. The third-order valence-electron chi connectivity index (χ3n) is 3.81. The van der Waals surface area contributed by atoms with Crippen LogP contribution in [0.3, 0.4) is 0 Å². The van der Waals surface area contributed by atoms with Gasteiger partial charge in [-0.1, -0.05) is 36.4 Å². The zero-order valence-electron chi connectivity index (χ0n) is 13.6. The summed E-state index contributed by atoms with van der Waals surface area (Å²) in [6.45, 7) is 0.0421. The summed E-state index contributed by atoms with van der Waals surface area (Å²) in [5.74, 6) is -0.493. The summed E-state index contributed by atoms with van der Waals surface area (Å²) in [7, 11) is 0. The zero-order valence-corrected chi connectivity index (χ0v) is 13.6. The molecule has 1 amide bonds. The highest BCUT2D eigenvalue weighted by Crippen LogP contribution is 2.34. The van der Waals surface area contributed by atoms with Gasteiger partial charge in [-0.25, -0.2) is 9.59 Å². The molecule has 136 valence electrons. The van der Waals surface area contributed by atoms with Gasteiger partial charge in [0.2, 0.25) is 6.79 Å². The molecule has 1 aliphatic rings. The van der Waals surface area contributed by atoms with Crippen molar-refractivity contribution in [2.45, 2.75) is 18.8 Å². The van der Waals surface area contributed by atoms with Crippen LogP contribution < -0.4 is 14.8 Å². The molecule has 0 spiro atoms. The van der Waals surface area contributed by atoms with Crippen LogP contribution in [0.15, 0.2) is 48.5 Å². The maximum absolute atomic E-state index is 11.9. The molecule has 0 bridgehead atoms. The second-order valence-electron chi connectivity index (χ2n) is 5.58. The number of aliphatic carboxylic acids is 1. The average Bonchev–Trinajstić information content (AvgIpc) is 3.12. The molecule has 3 N–H and O–H groups in total. The third kappa shape index (κ3) is 4.04. The number of hydrogen-bond donors (Lipinski definition) is 3. The van der Waals surface area contributed by atoms with Crippen molar-refractivity contribution in [2.24, 2.45) is 0 Å². The van der Waals surface area contributed by atoms with Crippen molar-refractivity contribution in [2.75, 3.05) is 6.79 Å². The van der Waals surface area contributed by atoms with Crippen LogP contribution in [0, 0.1) is 0 Å². The lowest BCUT2D eigenvalue weighted by molar-refractivity contribution is -0.142. The number of aliphatic hydroxyl groups excluding tert-OH is 1. The van der Waals surface area contributed by atoms with E-state index in [9.17, 15) is 19.8 Å². The van der Waals surface area contributed by atoms with Gasteiger partial charge in [0.1, 0.15) is 12.7 Å². The second-order valence-corrected chi connectivity index (χ2v) is 5.58. The summed E-state index contributed by atoms with van der Waals surface area (Å²) in [6, 6.07) is 11.9. The molecule has 0 aromatic heterocycles. The Morgan fingerprint density at radius 2 is 1.85 bits per heavy atom. The number of alkyl carbamates (subject to hydrolysis) is 1. The minimum atomic E-state index is -1.58. The van der Waals surface area contributed by atoms with Crippen molar-refractivity contribution < 1.29 is 34.0 Å². The van der Waals surface area contributed by atoms with Gasteiger partial charge in [0.15, 0.2) is 17.5 Å². The number of carbonyl (C=O) groups excluding carboxylic acids is 1. The fourth-order valence-corrected chi connectivity index (χ4v) is 2.46. The van der Waals surface area contributed by atoms with E-state index in [2.05, 4.69) is 5.32 Å². The van der Waals surface area contributed by atoms with Crippen molar-refractivity contribution in [1.82, 2.24) is 5.32 Å². The summed E-state index contributed by atoms with van der Waals surface area (Å²) in [5, 5.41) is 21.9. The minimum absolute atomic E-state index is 0.0148. The van der Waals surface area contributed by atoms with Crippen molar-refractivity contribution in [1.29, 1.82) is 0 Å². The molecule has 26 heavy (non-hydrogen) atoms. The fraction of sp³-hybridized carbons (Fsp3) is 0.222.